The zero-order chi connectivity index (χ0) is 17.5. The van der Waals surface area contributed by atoms with E-state index in [4.69, 9.17) is 0 Å². The minimum absolute atomic E-state index is 0.118. The van der Waals surface area contributed by atoms with Crippen LogP contribution in [0.1, 0.15) is 38.4 Å². The Morgan fingerprint density at radius 3 is 2.62 bits per heavy atom. The van der Waals surface area contributed by atoms with Crippen LogP contribution in [0.15, 0.2) is 40.3 Å². The van der Waals surface area contributed by atoms with Crippen LogP contribution in [0.5, 0.6) is 0 Å². The van der Waals surface area contributed by atoms with Crippen molar-refractivity contribution in [3.8, 4) is 0 Å². The molecule has 2 rings (SSSR count). The highest BCUT2D eigenvalue weighted by atomic mass is 32.2. The Morgan fingerprint density at radius 2 is 2.00 bits per heavy atom. The molecule has 0 unspecified atom stereocenters. The molecule has 2 N–H and O–H groups in total. The average Bonchev–Trinajstić information content (AvgIpc) is 2.55. The first-order chi connectivity index (χ1) is 11.5. The van der Waals surface area contributed by atoms with Crippen molar-refractivity contribution >= 4 is 23.4 Å². The number of aromatic nitrogens is 2. The van der Waals surface area contributed by atoms with Crippen LogP contribution in [0.3, 0.4) is 0 Å². The number of hydrogen-bond acceptors (Lipinski definition) is 4. The van der Waals surface area contributed by atoms with Crippen LogP contribution in [-0.2, 0) is 17.6 Å². The molecule has 6 heteroatoms. The van der Waals surface area contributed by atoms with Crippen molar-refractivity contribution in [1.29, 1.82) is 0 Å². The number of H-pyrrole nitrogens is 1. The number of rotatable bonds is 7. The fourth-order valence-corrected chi connectivity index (χ4v) is 3.04. The topological polar surface area (TPSA) is 74.8 Å². The fraction of sp³-hybridized carbons (Fsp3) is 0.389. The summed E-state index contributed by atoms with van der Waals surface area (Å²) in [6, 6.07) is 9.31. The average molecular weight is 345 g/mol. The van der Waals surface area contributed by atoms with Crippen molar-refractivity contribution in [1.82, 2.24) is 9.97 Å². The van der Waals surface area contributed by atoms with Gasteiger partial charge in [0.25, 0.3) is 5.56 Å². The van der Waals surface area contributed by atoms with E-state index in [2.05, 4.69) is 22.2 Å². The van der Waals surface area contributed by atoms with Crippen molar-refractivity contribution in [2.45, 2.75) is 50.4 Å². The van der Waals surface area contributed by atoms with Gasteiger partial charge in [0.1, 0.15) is 0 Å². The zero-order valence-electron chi connectivity index (χ0n) is 14.3. The Kier molecular flexibility index (Phi) is 6.61. The fourth-order valence-electron chi connectivity index (χ4n) is 2.21. The molecule has 0 radical (unpaired) electrons. The summed E-state index contributed by atoms with van der Waals surface area (Å²) in [6.07, 6.45) is 2.64. The second-order valence-electron chi connectivity index (χ2n) is 5.59. The minimum Gasteiger partial charge on any atom is -0.325 e. The molecular weight excluding hydrogens is 322 g/mol. The predicted molar refractivity (Wildman–Crippen MR) is 98.6 cm³/mol. The lowest BCUT2D eigenvalue weighted by Gasteiger charge is -2.12. The van der Waals surface area contributed by atoms with Gasteiger partial charge >= 0.3 is 0 Å². The molecule has 0 spiro atoms. The molecule has 1 amide bonds. The van der Waals surface area contributed by atoms with Gasteiger partial charge in [-0.15, -0.1) is 0 Å². The number of nitrogens with one attached hydrogen (secondary N) is 2. The van der Waals surface area contributed by atoms with E-state index < -0.39 is 0 Å². The van der Waals surface area contributed by atoms with E-state index in [0.717, 1.165) is 30.6 Å². The largest absolute Gasteiger partial charge is 0.325 e. The highest BCUT2D eigenvalue weighted by molar-refractivity contribution is 8.00. The summed E-state index contributed by atoms with van der Waals surface area (Å²) in [7, 11) is 0. The van der Waals surface area contributed by atoms with Gasteiger partial charge in [-0.25, -0.2) is 4.98 Å². The Bertz CT molecular complexity index is 741. The van der Waals surface area contributed by atoms with Gasteiger partial charge in [0, 0.05) is 17.4 Å². The van der Waals surface area contributed by atoms with Crippen molar-refractivity contribution in [2.75, 3.05) is 5.32 Å². The van der Waals surface area contributed by atoms with Gasteiger partial charge in [-0.2, -0.15) is 0 Å². The molecule has 1 heterocycles. The van der Waals surface area contributed by atoms with Crippen LogP contribution in [0.4, 0.5) is 5.69 Å². The van der Waals surface area contributed by atoms with E-state index in [9.17, 15) is 9.59 Å². The van der Waals surface area contributed by atoms with Crippen molar-refractivity contribution in [2.24, 2.45) is 0 Å². The van der Waals surface area contributed by atoms with Crippen LogP contribution in [0.25, 0.3) is 0 Å². The van der Waals surface area contributed by atoms with E-state index in [0.29, 0.717) is 5.16 Å². The molecule has 0 aliphatic carbocycles. The number of hydrogen-bond donors (Lipinski definition) is 2. The highest BCUT2D eigenvalue weighted by Crippen LogP contribution is 2.20. The van der Waals surface area contributed by atoms with Crippen LogP contribution in [-0.4, -0.2) is 21.1 Å². The lowest BCUT2D eigenvalue weighted by Crippen LogP contribution is -2.23. The maximum absolute atomic E-state index is 12.3. The number of carbonyl (C=O) groups is 1. The van der Waals surface area contributed by atoms with Gasteiger partial charge in [0.15, 0.2) is 5.16 Å². The first-order valence-electron chi connectivity index (χ1n) is 8.18. The third-order valence-electron chi connectivity index (χ3n) is 3.57. The molecule has 0 aliphatic rings. The number of thioether (sulfide) groups is 1. The lowest BCUT2D eigenvalue weighted by atomic mass is 10.1. The summed E-state index contributed by atoms with van der Waals surface area (Å²) >= 11 is 1.25. The van der Waals surface area contributed by atoms with Gasteiger partial charge in [-0.3, -0.25) is 9.59 Å². The van der Waals surface area contributed by atoms with E-state index in [1.807, 2.05) is 31.2 Å². The number of anilines is 1. The van der Waals surface area contributed by atoms with E-state index >= 15 is 0 Å². The van der Waals surface area contributed by atoms with E-state index in [1.54, 1.807) is 6.92 Å². The normalized spacial score (nSPS) is 12.0. The second-order valence-corrected chi connectivity index (χ2v) is 6.92. The molecule has 1 aromatic heterocycles. The molecule has 1 atom stereocenters. The zero-order valence-corrected chi connectivity index (χ0v) is 15.1. The minimum atomic E-state index is -0.365. The molecule has 0 saturated heterocycles. The van der Waals surface area contributed by atoms with Gasteiger partial charge in [0.05, 0.1) is 5.25 Å². The third-order valence-corrected chi connectivity index (χ3v) is 4.55. The summed E-state index contributed by atoms with van der Waals surface area (Å²) in [4.78, 5) is 31.1. The van der Waals surface area contributed by atoms with Crippen molar-refractivity contribution < 1.29 is 4.79 Å². The SMILES string of the molecule is CCCc1cc(=O)[nH]c(S[C@@H](C)C(=O)Nc2ccc(CC)cc2)n1. The Hall–Kier alpha value is -2.08. The predicted octanol–water partition coefficient (Wildman–Crippen LogP) is 3.40. The lowest BCUT2D eigenvalue weighted by molar-refractivity contribution is -0.115. The Balaban J connectivity index is 2.01. The van der Waals surface area contributed by atoms with Crippen LogP contribution < -0.4 is 10.9 Å². The van der Waals surface area contributed by atoms with Crippen molar-refractivity contribution in [3.63, 3.8) is 0 Å². The standard InChI is InChI=1S/C18H23N3O2S/c1-4-6-15-11-16(22)21-18(20-15)24-12(3)17(23)19-14-9-7-13(5-2)8-10-14/h7-12H,4-6H2,1-3H3,(H,19,23)(H,20,21,22)/t12-/m0/s1. The van der Waals surface area contributed by atoms with Gasteiger partial charge in [0.2, 0.25) is 5.91 Å². The monoisotopic (exact) mass is 345 g/mol. The van der Waals surface area contributed by atoms with Gasteiger partial charge in [-0.05, 0) is 37.5 Å². The number of nitrogens with zero attached hydrogens (tertiary/aromatic N) is 1. The van der Waals surface area contributed by atoms with Crippen LogP contribution >= 0.6 is 11.8 Å². The van der Waals surface area contributed by atoms with Crippen LogP contribution in [0.2, 0.25) is 0 Å². The van der Waals surface area contributed by atoms with Crippen molar-refractivity contribution in [3.05, 3.63) is 51.9 Å². The first kappa shape index (κ1) is 18.3. The summed E-state index contributed by atoms with van der Waals surface area (Å²) < 4.78 is 0. The van der Waals surface area contributed by atoms with Gasteiger partial charge in [-0.1, -0.05) is 44.2 Å². The molecular formula is C18H23N3O2S. The summed E-state index contributed by atoms with van der Waals surface area (Å²) in [6.45, 7) is 5.93. The second kappa shape index (κ2) is 8.68. The summed E-state index contributed by atoms with van der Waals surface area (Å²) in [5, 5.41) is 3.00. The molecule has 5 nitrogen and oxygen atoms in total. The van der Waals surface area contributed by atoms with Gasteiger partial charge < -0.3 is 10.3 Å². The summed E-state index contributed by atoms with van der Waals surface area (Å²) in [5.74, 6) is -0.118. The molecule has 0 bridgehead atoms. The maximum Gasteiger partial charge on any atom is 0.251 e. The maximum atomic E-state index is 12.3. The first-order valence-corrected chi connectivity index (χ1v) is 9.06. The molecule has 0 saturated carbocycles. The number of carbonyl (C=O) groups excluding carboxylic acids is 1. The summed E-state index contributed by atoms with van der Waals surface area (Å²) in [5.41, 5.74) is 2.57. The quantitative estimate of drug-likeness (QED) is 0.596. The Morgan fingerprint density at radius 1 is 1.29 bits per heavy atom. The smallest absolute Gasteiger partial charge is 0.251 e. The molecule has 0 fully saturated rings. The molecule has 128 valence electrons. The number of aromatic amines is 1. The molecule has 0 aliphatic heterocycles. The molecule has 24 heavy (non-hydrogen) atoms. The highest BCUT2D eigenvalue weighted by Gasteiger charge is 2.16. The Labute approximate surface area is 146 Å². The molecule has 2 aromatic rings. The van der Waals surface area contributed by atoms with E-state index in [1.165, 1.54) is 23.4 Å². The number of aryl methyl sites for hydroxylation is 2. The number of amides is 1. The van der Waals surface area contributed by atoms with Crippen LogP contribution in [0, 0.1) is 0 Å². The number of benzene rings is 1. The molecule has 1 aromatic carbocycles. The van der Waals surface area contributed by atoms with E-state index in [-0.39, 0.29) is 16.7 Å². The third kappa shape index (κ3) is 5.23.